The van der Waals surface area contributed by atoms with Crippen LogP contribution in [0.5, 0.6) is 5.75 Å². The number of methoxy groups -OCH3 is 1. The molecule has 1 aliphatic rings. The minimum absolute atomic E-state index is 0.253. The lowest BCUT2D eigenvalue weighted by Crippen LogP contribution is -2.48. The number of rotatable bonds is 5. The van der Waals surface area contributed by atoms with Crippen molar-refractivity contribution >= 4 is 21.6 Å². The summed E-state index contributed by atoms with van der Waals surface area (Å²) in [4.78, 5) is 2.51. The van der Waals surface area contributed by atoms with Gasteiger partial charge in [-0.25, -0.2) is 8.42 Å². The average molecular weight is 381 g/mol. The number of hydrogen-bond acceptors (Lipinski definition) is 4. The highest BCUT2D eigenvalue weighted by atomic mass is 35.5. The van der Waals surface area contributed by atoms with Crippen LogP contribution in [0.25, 0.3) is 0 Å². The maximum atomic E-state index is 12.7. The van der Waals surface area contributed by atoms with Crippen LogP contribution in [0.2, 0.25) is 5.02 Å². The second-order valence-corrected chi connectivity index (χ2v) is 8.36. The maximum Gasteiger partial charge on any atom is 0.243 e. The van der Waals surface area contributed by atoms with E-state index in [2.05, 4.69) is 4.90 Å². The van der Waals surface area contributed by atoms with Gasteiger partial charge in [0.2, 0.25) is 10.0 Å². The van der Waals surface area contributed by atoms with Crippen LogP contribution in [-0.4, -0.2) is 50.9 Å². The van der Waals surface area contributed by atoms with Crippen LogP contribution in [0, 0.1) is 0 Å². The van der Waals surface area contributed by atoms with Crippen molar-refractivity contribution in [2.75, 3.05) is 33.3 Å². The van der Waals surface area contributed by atoms with Crippen LogP contribution in [0.1, 0.15) is 5.56 Å². The van der Waals surface area contributed by atoms with Crippen molar-refractivity contribution in [1.82, 2.24) is 9.21 Å². The topological polar surface area (TPSA) is 49.9 Å². The predicted molar refractivity (Wildman–Crippen MR) is 98.5 cm³/mol. The van der Waals surface area contributed by atoms with E-state index in [0.29, 0.717) is 31.2 Å². The van der Waals surface area contributed by atoms with Gasteiger partial charge >= 0.3 is 0 Å². The van der Waals surface area contributed by atoms with Crippen LogP contribution in [-0.2, 0) is 16.6 Å². The molecule has 2 aromatic carbocycles. The van der Waals surface area contributed by atoms with Crippen LogP contribution in [0.15, 0.2) is 53.4 Å². The highest BCUT2D eigenvalue weighted by Crippen LogP contribution is 2.21. The standard InChI is InChI=1S/C18H21ClN2O3S/c1-24-17-7-5-15(6-8-17)14-20-9-11-21(12-10-20)25(22,23)18-4-2-3-16(19)13-18/h2-8,13H,9-12,14H2,1H3. The van der Waals surface area contributed by atoms with Crippen molar-refractivity contribution in [2.24, 2.45) is 0 Å². The van der Waals surface area contributed by atoms with Crippen molar-refractivity contribution in [2.45, 2.75) is 11.4 Å². The fraction of sp³-hybridized carbons (Fsp3) is 0.333. The van der Waals surface area contributed by atoms with Gasteiger partial charge in [0, 0.05) is 37.7 Å². The molecule has 1 fully saturated rings. The van der Waals surface area contributed by atoms with Crippen molar-refractivity contribution in [1.29, 1.82) is 0 Å². The van der Waals surface area contributed by atoms with E-state index in [1.54, 1.807) is 25.3 Å². The van der Waals surface area contributed by atoms with Gasteiger partial charge in [-0.2, -0.15) is 4.31 Å². The summed E-state index contributed by atoms with van der Waals surface area (Å²) < 4.78 is 32.1. The van der Waals surface area contributed by atoms with Gasteiger partial charge in [0.15, 0.2) is 0 Å². The molecule has 0 spiro atoms. The molecule has 1 aliphatic heterocycles. The van der Waals surface area contributed by atoms with Gasteiger partial charge in [-0.05, 0) is 35.9 Å². The van der Waals surface area contributed by atoms with Crippen LogP contribution in [0.3, 0.4) is 0 Å². The molecule has 0 aromatic heterocycles. The Morgan fingerprint density at radius 3 is 2.32 bits per heavy atom. The van der Waals surface area contributed by atoms with E-state index in [1.807, 2.05) is 24.3 Å². The molecule has 2 aromatic rings. The van der Waals surface area contributed by atoms with Gasteiger partial charge in [0.25, 0.3) is 0 Å². The quantitative estimate of drug-likeness (QED) is 0.800. The first-order valence-electron chi connectivity index (χ1n) is 8.10. The molecule has 7 heteroatoms. The summed E-state index contributed by atoms with van der Waals surface area (Å²) in [5.41, 5.74) is 1.19. The van der Waals surface area contributed by atoms with Gasteiger partial charge in [-0.1, -0.05) is 29.8 Å². The SMILES string of the molecule is COc1ccc(CN2CCN(S(=O)(=O)c3cccc(Cl)c3)CC2)cc1. The first kappa shape index (κ1) is 18.2. The van der Waals surface area contributed by atoms with Crippen molar-refractivity contribution in [3.63, 3.8) is 0 Å². The Morgan fingerprint density at radius 1 is 1.04 bits per heavy atom. The Kier molecular flexibility index (Phi) is 5.64. The van der Waals surface area contributed by atoms with Gasteiger partial charge in [-0.3, -0.25) is 4.90 Å². The van der Waals surface area contributed by atoms with Gasteiger partial charge in [0.05, 0.1) is 12.0 Å². The third-order valence-electron chi connectivity index (χ3n) is 4.33. The molecule has 0 aliphatic carbocycles. The molecule has 134 valence electrons. The number of piperazine rings is 1. The molecular formula is C18H21ClN2O3S. The number of benzene rings is 2. The summed E-state index contributed by atoms with van der Waals surface area (Å²) in [6.45, 7) is 3.16. The zero-order valence-electron chi connectivity index (χ0n) is 14.1. The first-order valence-corrected chi connectivity index (χ1v) is 9.92. The fourth-order valence-corrected chi connectivity index (χ4v) is 4.62. The number of hydrogen-bond donors (Lipinski definition) is 0. The molecule has 3 rings (SSSR count). The molecule has 0 N–H and O–H groups in total. The van der Waals surface area contributed by atoms with E-state index >= 15 is 0 Å². The van der Waals surface area contributed by atoms with Crippen molar-refractivity contribution < 1.29 is 13.2 Å². The zero-order chi connectivity index (χ0) is 17.9. The molecule has 0 radical (unpaired) electrons. The van der Waals surface area contributed by atoms with Crippen LogP contribution >= 0.6 is 11.6 Å². The van der Waals surface area contributed by atoms with E-state index in [-0.39, 0.29) is 4.90 Å². The minimum atomic E-state index is -3.48. The van der Waals surface area contributed by atoms with E-state index in [1.165, 1.54) is 15.9 Å². The van der Waals surface area contributed by atoms with Gasteiger partial charge in [0.1, 0.15) is 5.75 Å². The fourth-order valence-electron chi connectivity index (χ4n) is 2.89. The third-order valence-corrected chi connectivity index (χ3v) is 6.46. The molecule has 0 atom stereocenters. The summed E-state index contributed by atoms with van der Waals surface area (Å²) in [5, 5.41) is 0.430. The average Bonchev–Trinajstić information content (AvgIpc) is 2.63. The Hall–Kier alpha value is -1.60. The van der Waals surface area contributed by atoms with E-state index < -0.39 is 10.0 Å². The summed E-state index contributed by atoms with van der Waals surface area (Å²) in [5.74, 6) is 0.834. The lowest BCUT2D eigenvalue weighted by molar-refractivity contribution is 0.181. The molecule has 0 amide bonds. The van der Waals surface area contributed by atoms with Crippen molar-refractivity contribution in [3.8, 4) is 5.75 Å². The van der Waals surface area contributed by atoms with Crippen LogP contribution in [0.4, 0.5) is 0 Å². The lowest BCUT2D eigenvalue weighted by atomic mass is 10.2. The number of halogens is 1. The molecule has 1 saturated heterocycles. The van der Waals surface area contributed by atoms with Crippen molar-refractivity contribution in [3.05, 3.63) is 59.1 Å². The Morgan fingerprint density at radius 2 is 1.72 bits per heavy atom. The second kappa shape index (κ2) is 7.74. The number of nitrogens with zero attached hydrogens (tertiary/aromatic N) is 2. The van der Waals surface area contributed by atoms with E-state index in [0.717, 1.165) is 12.3 Å². The Labute approximate surface area is 153 Å². The molecule has 1 heterocycles. The smallest absolute Gasteiger partial charge is 0.243 e. The van der Waals surface area contributed by atoms with E-state index in [9.17, 15) is 8.42 Å². The molecule has 25 heavy (non-hydrogen) atoms. The Bertz CT molecular complexity index is 816. The summed E-state index contributed by atoms with van der Waals surface area (Å²) in [6, 6.07) is 14.4. The predicted octanol–water partition coefficient (Wildman–Crippen LogP) is 2.86. The zero-order valence-corrected chi connectivity index (χ0v) is 15.6. The van der Waals surface area contributed by atoms with Gasteiger partial charge in [-0.15, -0.1) is 0 Å². The maximum absolute atomic E-state index is 12.7. The highest BCUT2D eigenvalue weighted by molar-refractivity contribution is 7.89. The summed E-state index contributed by atoms with van der Waals surface area (Å²) in [6.07, 6.45) is 0. The third kappa shape index (κ3) is 4.33. The molecule has 0 unspecified atom stereocenters. The molecular weight excluding hydrogens is 360 g/mol. The highest BCUT2D eigenvalue weighted by Gasteiger charge is 2.28. The summed E-state index contributed by atoms with van der Waals surface area (Å²) in [7, 11) is -1.84. The molecule has 0 saturated carbocycles. The Balaban J connectivity index is 1.61. The molecule has 5 nitrogen and oxygen atoms in total. The summed E-state index contributed by atoms with van der Waals surface area (Å²) >= 11 is 5.92. The number of sulfonamides is 1. The van der Waals surface area contributed by atoms with Gasteiger partial charge < -0.3 is 4.74 Å². The lowest BCUT2D eigenvalue weighted by Gasteiger charge is -2.34. The monoisotopic (exact) mass is 380 g/mol. The van der Waals surface area contributed by atoms with Crippen LogP contribution < -0.4 is 4.74 Å². The minimum Gasteiger partial charge on any atom is -0.497 e. The number of ether oxygens (including phenoxy) is 1. The normalized spacial score (nSPS) is 16.7. The second-order valence-electron chi connectivity index (χ2n) is 5.99. The van der Waals surface area contributed by atoms with E-state index in [4.69, 9.17) is 16.3 Å². The largest absolute Gasteiger partial charge is 0.497 e. The molecule has 0 bridgehead atoms. The first-order chi connectivity index (χ1) is 12.0.